The average Bonchev–Trinajstić information content (AvgIpc) is 2.37. The number of carboxylic acids is 1. The van der Waals surface area contributed by atoms with Crippen molar-refractivity contribution in [2.75, 3.05) is 0 Å². The Morgan fingerprint density at radius 1 is 1.43 bits per heavy atom. The molecule has 1 N–H and O–H groups in total. The molecule has 3 nitrogen and oxygen atoms in total. The Morgan fingerprint density at radius 2 is 2.14 bits per heavy atom. The summed E-state index contributed by atoms with van der Waals surface area (Å²) in [6, 6.07) is 2.59. The van der Waals surface area contributed by atoms with E-state index in [0.29, 0.717) is 16.8 Å². The van der Waals surface area contributed by atoms with Crippen LogP contribution in [0.1, 0.15) is 47.8 Å². The number of aromatic nitrogens is 1. The second kappa shape index (κ2) is 4.95. The molecular weight excluding hydrogens is 293 g/mol. The molecule has 0 saturated heterocycles. The summed E-state index contributed by atoms with van der Waals surface area (Å²) in [7, 11) is 0. The maximum atomic E-state index is 13.6. The second-order valence-electron chi connectivity index (χ2n) is 5.88. The Balaban J connectivity index is 2.42. The van der Waals surface area contributed by atoms with E-state index in [1.165, 1.54) is 12.1 Å². The van der Waals surface area contributed by atoms with Gasteiger partial charge in [0.05, 0.1) is 16.1 Å². The van der Waals surface area contributed by atoms with Gasteiger partial charge in [-0.05, 0) is 36.3 Å². The van der Waals surface area contributed by atoms with Crippen molar-refractivity contribution in [2.24, 2.45) is 5.92 Å². The van der Waals surface area contributed by atoms with Crippen LogP contribution in [0.3, 0.4) is 0 Å². The number of fused-ring (bicyclic) bond motifs is 2. The minimum atomic E-state index is -1.01. The van der Waals surface area contributed by atoms with E-state index in [0.717, 1.165) is 24.1 Å². The standard InChI is InChI=1S/C16H15ClFNO2/c1-7-3-8(2)14-13(4-7)19-12-6-11(18)10(17)5-9(12)15(14)16(20)21/h5-8H,3-4H2,1-2H3,(H,20,21). The highest BCUT2D eigenvalue weighted by molar-refractivity contribution is 6.31. The molecule has 1 aromatic carbocycles. The molecule has 0 spiro atoms. The smallest absolute Gasteiger partial charge is 0.336 e. The molecule has 0 aliphatic heterocycles. The summed E-state index contributed by atoms with van der Waals surface area (Å²) >= 11 is 5.81. The van der Waals surface area contributed by atoms with Crippen molar-refractivity contribution < 1.29 is 14.3 Å². The molecule has 0 fully saturated rings. The number of rotatable bonds is 1. The molecule has 2 atom stereocenters. The summed E-state index contributed by atoms with van der Waals surface area (Å²) in [4.78, 5) is 16.2. The molecule has 110 valence electrons. The van der Waals surface area contributed by atoms with Crippen LogP contribution in [0.5, 0.6) is 0 Å². The molecule has 2 aromatic rings. The van der Waals surface area contributed by atoms with Crippen LogP contribution in [0.2, 0.25) is 5.02 Å². The van der Waals surface area contributed by atoms with Gasteiger partial charge in [-0.3, -0.25) is 4.98 Å². The van der Waals surface area contributed by atoms with E-state index >= 15 is 0 Å². The molecule has 1 aliphatic carbocycles. The summed E-state index contributed by atoms with van der Waals surface area (Å²) in [5.41, 5.74) is 2.12. The van der Waals surface area contributed by atoms with Crippen LogP contribution in [-0.2, 0) is 6.42 Å². The van der Waals surface area contributed by atoms with Gasteiger partial charge >= 0.3 is 5.97 Å². The van der Waals surface area contributed by atoms with E-state index < -0.39 is 11.8 Å². The van der Waals surface area contributed by atoms with Crippen molar-refractivity contribution in [2.45, 2.75) is 32.6 Å². The Bertz CT molecular complexity index is 760. The van der Waals surface area contributed by atoms with Gasteiger partial charge in [0.15, 0.2) is 0 Å². The monoisotopic (exact) mass is 307 g/mol. The van der Waals surface area contributed by atoms with Crippen molar-refractivity contribution in [1.29, 1.82) is 0 Å². The summed E-state index contributed by atoms with van der Waals surface area (Å²) in [5.74, 6) is -1.03. The number of carbonyl (C=O) groups is 1. The molecule has 21 heavy (non-hydrogen) atoms. The quantitative estimate of drug-likeness (QED) is 0.849. The SMILES string of the molecule is CC1Cc2nc3cc(F)c(Cl)cc3c(C(=O)O)c2C(C)C1. The molecule has 0 bridgehead atoms. The van der Waals surface area contributed by atoms with Crippen LogP contribution < -0.4 is 0 Å². The van der Waals surface area contributed by atoms with Crippen molar-refractivity contribution in [3.63, 3.8) is 0 Å². The number of halogens is 2. The molecule has 0 amide bonds. The summed E-state index contributed by atoms with van der Waals surface area (Å²) in [6.45, 7) is 4.13. The van der Waals surface area contributed by atoms with E-state index in [1.807, 2.05) is 6.92 Å². The van der Waals surface area contributed by atoms with Crippen LogP contribution in [-0.4, -0.2) is 16.1 Å². The molecule has 1 aromatic heterocycles. The first-order valence-corrected chi connectivity index (χ1v) is 7.31. The topological polar surface area (TPSA) is 50.2 Å². The van der Waals surface area contributed by atoms with Gasteiger partial charge in [0, 0.05) is 17.1 Å². The third-order valence-electron chi connectivity index (χ3n) is 4.15. The zero-order chi connectivity index (χ0) is 15.3. The number of pyridine rings is 1. The molecule has 2 unspecified atom stereocenters. The number of hydrogen-bond donors (Lipinski definition) is 1. The number of aromatic carboxylic acids is 1. The number of hydrogen-bond acceptors (Lipinski definition) is 2. The van der Waals surface area contributed by atoms with Crippen molar-refractivity contribution in [3.05, 3.63) is 39.8 Å². The van der Waals surface area contributed by atoms with E-state index in [2.05, 4.69) is 11.9 Å². The number of benzene rings is 1. The molecule has 1 aliphatic rings. The maximum Gasteiger partial charge on any atom is 0.336 e. The van der Waals surface area contributed by atoms with Crippen LogP contribution in [0.4, 0.5) is 4.39 Å². The van der Waals surface area contributed by atoms with Gasteiger partial charge in [-0.25, -0.2) is 9.18 Å². The maximum absolute atomic E-state index is 13.6. The number of carboxylic acid groups (broad SMARTS) is 1. The highest BCUT2D eigenvalue weighted by atomic mass is 35.5. The molecular formula is C16H15ClFNO2. The fourth-order valence-corrected chi connectivity index (χ4v) is 3.54. The molecule has 1 heterocycles. The second-order valence-corrected chi connectivity index (χ2v) is 6.29. The first-order valence-electron chi connectivity index (χ1n) is 6.93. The van der Waals surface area contributed by atoms with E-state index in [4.69, 9.17) is 11.6 Å². The first-order chi connectivity index (χ1) is 9.88. The average molecular weight is 308 g/mol. The van der Waals surface area contributed by atoms with Gasteiger partial charge in [-0.1, -0.05) is 25.4 Å². The minimum absolute atomic E-state index is 0.0800. The minimum Gasteiger partial charge on any atom is -0.478 e. The summed E-state index contributed by atoms with van der Waals surface area (Å²) in [6.07, 6.45) is 1.65. The number of nitrogens with zero attached hydrogens (tertiary/aromatic N) is 1. The van der Waals surface area contributed by atoms with Gasteiger partial charge in [0.2, 0.25) is 0 Å². The van der Waals surface area contributed by atoms with Gasteiger partial charge in [-0.15, -0.1) is 0 Å². The highest BCUT2D eigenvalue weighted by Gasteiger charge is 2.29. The predicted octanol–water partition coefficient (Wildman–Crippen LogP) is 4.41. The Hall–Kier alpha value is -1.68. The summed E-state index contributed by atoms with van der Waals surface area (Å²) in [5, 5.41) is 9.95. The van der Waals surface area contributed by atoms with Crippen LogP contribution in [0.15, 0.2) is 12.1 Å². The van der Waals surface area contributed by atoms with Crippen molar-refractivity contribution in [1.82, 2.24) is 4.98 Å². The third-order valence-corrected chi connectivity index (χ3v) is 4.44. The summed E-state index contributed by atoms with van der Waals surface area (Å²) < 4.78 is 13.6. The fourth-order valence-electron chi connectivity index (χ4n) is 3.38. The molecule has 0 radical (unpaired) electrons. The lowest BCUT2D eigenvalue weighted by Crippen LogP contribution is -2.20. The first kappa shape index (κ1) is 14.3. The van der Waals surface area contributed by atoms with E-state index in [-0.39, 0.29) is 16.5 Å². The predicted molar refractivity (Wildman–Crippen MR) is 79.6 cm³/mol. The van der Waals surface area contributed by atoms with Crippen LogP contribution in [0.25, 0.3) is 10.9 Å². The normalized spacial score (nSPS) is 21.3. The largest absolute Gasteiger partial charge is 0.478 e. The Morgan fingerprint density at radius 3 is 2.81 bits per heavy atom. The lowest BCUT2D eigenvalue weighted by molar-refractivity contribution is 0.0696. The zero-order valence-corrected chi connectivity index (χ0v) is 12.5. The lowest BCUT2D eigenvalue weighted by Gasteiger charge is -2.28. The van der Waals surface area contributed by atoms with Crippen molar-refractivity contribution >= 4 is 28.5 Å². The van der Waals surface area contributed by atoms with Gasteiger partial charge in [0.25, 0.3) is 0 Å². The zero-order valence-electron chi connectivity index (χ0n) is 11.8. The molecule has 5 heteroatoms. The van der Waals surface area contributed by atoms with E-state index in [1.54, 1.807) is 0 Å². The van der Waals surface area contributed by atoms with Gasteiger partial charge in [-0.2, -0.15) is 0 Å². The fraction of sp³-hybridized carbons (Fsp3) is 0.375. The van der Waals surface area contributed by atoms with Crippen LogP contribution >= 0.6 is 11.6 Å². The lowest BCUT2D eigenvalue weighted by atomic mass is 9.78. The van der Waals surface area contributed by atoms with Crippen molar-refractivity contribution in [3.8, 4) is 0 Å². The van der Waals surface area contributed by atoms with Crippen LogP contribution in [0, 0.1) is 11.7 Å². The third kappa shape index (κ3) is 2.27. The Labute approximate surface area is 126 Å². The molecule has 0 saturated carbocycles. The Kier molecular flexibility index (Phi) is 3.36. The van der Waals surface area contributed by atoms with Gasteiger partial charge in [0.1, 0.15) is 5.82 Å². The van der Waals surface area contributed by atoms with E-state index in [9.17, 15) is 14.3 Å². The highest BCUT2D eigenvalue weighted by Crippen LogP contribution is 2.39. The molecule has 3 rings (SSSR count). The van der Waals surface area contributed by atoms with Gasteiger partial charge < -0.3 is 5.11 Å².